The Morgan fingerprint density at radius 1 is 1.14 bits per heavy atom. The van der Waals surface area contributed by atoms with Crippen molar-refractivity contribution in [3.63, 3.8) is 0 Å². The lowest BCUT2D eigenvalue weighted by Gasteiger charge is -2.16. The predicted octanol–water partition coefficient (Wildman–Crippen LogP) is 4.38. The first-order valence-corrected chi connectivity index (χ1v) is 6.95. The largest absolute Gasteiger partial charge is 0.342 e. The average molecular weight is 352 g/mol. The van der Waals surface area contributed by atoms with Gasteiger partial charge in [0.05, 0.1) is 6.04 Å². The van der Waals surface area contributed by atoms with Crippen molar-refractivity contribution in [3.05, 3.63) is 82.4 Å². The Kier molecular flexibility index (Phi) is 4.85. The van der Waals surface area contributed by atoms with Crippen LogP contribution in [-0.4, -0.2) is 5.91 Å². The number of amides is 1. The molecule has 108 valence electrons. The van der Waals surface area contributed by atoms with E-state index in [1.54, 1.807) is 12.1 Å². The molecular formula is C16H12BrF2NO. The Bertz CT molecular complexity index is 650. The fourth-order valence-corrected chi connectivity index (χ4v) is 2.14. The molecule has 1 unspecified atom stereocenters. The molecule has 0 aromatic heterocycles. The number of carbonyl (C=O) groups is 1. The molecule has 1 amide bonds. The zero-order chi connectivity index (χ0) is 15.4. The van der Waals surface area contributed by atoms with Crippen molar-refractivity contribution in [2.24, 2.45) is 0 Å². The molecule has 0 heterocycles. The fourth-order valence-electron chi connectivity index (χ4n) is 1.88. The standard InChI is InChI=1S/C16H12BrF2NO/c1-2-14(10-6-8-11(17)9-7-10)20-16(21)15-12(18)4-3-5-13(15)19/h2-9,14H,1H2,(H,20,21). The summed E-state index contributed by atoms with van der Waals surface area (Å²) in [6, 6.07) is 9.94. The maximum absolute atomic E-state index is 13.6. The summed E-state index contributed by atoms with van der Waals surface area (Å²) in [7, 11) is 0. The van der Waals surface area contributed by atoms with Crippen LogP contribution in [0.15, 0.2) is 59.6 Å². The van der Waals surface area contributed by atoms with Crippen molar-refractivity contribution in [1.82, 2.24) is 5.32 Å². The van der Waals surface area contributed by atoms with Crippen molar-refractivity contribution < 1.29 is 13.6 Å². The van der Waals surface area contributed by atoms with Crippen molar-refractivity contribution in [1.29, 1.82) is 0 Å². The maximum Gasteiger partial charge on any atom is 0.257 e. The second-order valence-electron chi connectivity index (χ2n) is 4.34. The van der Waals surface area contributed by atoms with Gasteiger partial charge in [0, 0.05) is 4.47 Å². The molecular weight excluding hydrogens is 340 g/mol. The number of halogens is 3. The van der Waals surface area contributed by atoms with Gasteiger partial charge in [-0.05, 0) is 29.8 Å². The summed E-state index contributed by atoms with van der Waals surface area (Å²) in [5.41, 5.74) is 0.166. The molecule has 0 aliphatic heterocycles. The zero-order valence-corrected chi connectivity index (χ0v) is 12.5. The van der Waals surface area contributed by atoms with E-state index < -0.39 is 29.1 Å². The maximum atomic E-state index is 13.6. The van der Waals surface area contributed by atoms with E-state index in [0.717, 1.165) is 22.2 Å². The van der Waals surface area contributed by atoms with E-state index in [9.17, 15) is 13.6 Å². The Morgan fingerprint density at radius 2 is 1.71 bits per heavy atom. The van der Waals surface area contributed by atoms with Gasteiger partial charge in [0.2, 0.25) is 0 Å². The minimum Gasteiger partial charge on any atom is -0.342 e. The van der Waals surface area contributed by atoms with Crippen LogP contribution in [0.4, 0.5) is 8.78 Å². The summed E-state index contributed by atoms with van der Waals surface area (Å²) in [4.78, 5) is 12.0. The number of benzene rings is 2. The molecule has 0 spiro atoms. The van der Waals surface area contributed by atoms with Crippen molar-refractivity contribution >= 4 is 21.8 Å². The lowest BCUT2D eigenvalue weighted by Crippen LogP contribution is -2.28. The molecule has 0 fully saturated rings. The van der Waals surface area contributed by atoms with E-state index in [0.29, 0.717) is 0 Å². The average Bonchev–Trinajstić information content (AvgIpc) is 2.45. The van der Waals surface area contributed by atoms with Crippen LogP contribution in [0.5, 0.6) is 0 Å². The van der Waals surface area contributed by atoms with Gasteiger partial charge in [-0.15, -0.1) is 6.58 Å². The van der Waals surface area contributed by atoms with E-state index in [1.807, 2.05) is 12.1 Å². The third-order valence-corrected chi connectivity index (χ3v) is 3.47. The van der Waals surface area contributed by atoms with Gasteiger partial charge < -0.3 is 5.32 Å². The Balaban J connectivity index is 2.24. The van der Waals surface area contributed by atoms with Crippen LogP contribution in [0.2, 0.25) is 0 Å². The molecule has 2 aromatic carbocycles. The first kappa shape index (κ1) is 15.4. The summed E-state index contributed by atoms with van der Waals surface area (Å²) in [6.07, 6.45) is 1.50. The van der Waals surface area contributed by atoms with Gasteiger partial charge in [0.15, 0.2) is 0 Å². The van der Waals surface area contributed by atoms with Crippen LogP contribution in [0, 0.1) is 11.6 Å². The number of nitrogens with one attached hydrogen (secondary N) is 1. The van der Waals surface area contributed by atoms with Crippen molar-refractivity contribution in [2.45, 2.75) is 6.04 Å². The molecule has 0 saturated heterocycles. The molecule has 1 N–H and O–H groups in total. The summed E-state index contributed by atoms with van der Waals surface area (Å²) in [5.74, 6) is -2.62. The van der Waals surface area contributed by atoms with Crippen LogP contribution in [0.1, 0.15) is 22.0 Å². The van der Waals surface area contributed by atoms with Gasteiger partial charge in [-0.2, -0.15) is 0 Å². The molecule has 0 bridgehead atoms. The van der Waals surface area contributed by atoms with Crippen LogP contribution in [0.3, 0.4) is 0 Å². The zero-order valence-electron chi connectivity index (χ0n) is 10.9. The number of rotatable bonds is 4. The van der Waals surface area contributed by atoms with Gasteiger partial charge in [-0.3, -0.25) is 4.79 Å². The summed E-state index contributed by atoms with van der Waals surface area (Å²) in [5, 5.41) is 2.55. The minimum atomic E-state index is -0.897. The van der Waals surface area contributed by atoms with Crippen molar-refractivity contribution in [3.8, 4) is 0 Å². The van der Waals surface area contributed by atoms with Crippen LogP contribution < -0.4 is 5.32 Å². The normalized spacial score (nSPS) is 11.8. The highest BCUT2D eigenvalue weighted by Gasteiger charge is 2.19. The highest BCUT2D eigenvalue weighted by atomic mass is 79.9. The lowest BCUT2D eigenvalue weighted by atomic mass is 10.1. The van der Waals surface area contributed by atoms with Gasteiger partial charge in [0.25, 0.3) is 5.91 Å². The van der Waals surface area contributed by atoms with Crippen LogP contribution >= 0.6 is 15.9 Å². The van der Waals surface area contributed by atoms with Gasteiger partial charge in [0.1, 0.15) is 17.2 Å². The monoisotopic (exact) mass is 351 g/mol. The smallest absolute Gasteiger partial charge is 0.257 e. The number of carbonyl (C=O) groups excluding carboxylic acids is 1. The molecule has 0 radical (unpaired) electrons. The predicted molar refractivity (Wildman–Crippen MR) is 80.9 cm³/mol. The van der Waals surface area contributed by atoms with Crippen LogP contribution in [-0.2, 0) is 0 Å². The molecule has 2 aromatic rings. The molecule has 2 rings (SSSR count). The fraction of sp³-hybridized carbons (Fsp3) is 0.0625. The summed E-state index contributed by atoms with van der Waals surface area (Å²) in [6.45, 7) is 3.64. The number of hydrogen-bond acceptors (Lipinski definition) is 1. The van der Waals surface area contributed by atoms with Gasteiger partial charge in [-0.25, -0.2) is 8.78 Å². The SMILES string of the molecule is C=CC(NC(=O)c1c(F)cccc1F)c1ccc(Br)cc1. The summed E-state index contributed by atoms with van der Waals surface area (Å²) < 4.78 is 28.0. The quantitative estimate of drug-likeness (QED) is 0.813. The molecule has 0 aliphatic carbocycles. The lowest BCUT2D eigenvalue weighted by molar-refractivity contribution is 0.0935. The third kappa shape index (κ3) is 3.55. The topological polar surface area (TPSA) is 29.1 Å². The molecule has 2 nitrogen and oxygen atoms in total. The molecule has 21 heavy (non-hydrogen) atoms. The molecule has 5 heteroatoms. The second kappa shape index (κ2) is 6.63. The Labute approximate surface area is 129 Å². The van der Waals surface area contributed by atoms with E-state index in [2.05, 4.69) is 27.8 Å². The Morgan fingerprint density at radius 3 is 2.24 bits per heavy atom. The highest BCUT2D eigenvalue weighted by Crippen LogP contribution is 2.19. The van der Waals surface area contributed by atoms with Gasteiger partial charge in [-0.1, -0.05) is 40.2 Å². The minimum absolute atomic E-state index is 0.537. The molecule has 0 saturated carbocycles. The van der Waals surface area contributed by atoms with Crippen LogP contribution in [0.25, 0.3) is 0 Å². The van der Waals surface area contributed by atoms with E-state index in [-0.39, 0.29) is 0 Å². The summed E-state index contributed by atoms with van der Waals surface area (Å²) >= 11 is 3.31. The molecule has 1 atom stereocenters. The first-order valence-electron chi connectivity index (χ1n) is 6.16. The van der Waals surface area contributed by atoms with E-state index in [4.69, 9.17) is 0 Å². The first-order chi connectivity index (χ1) is 10.0. The second-order valence-corrected chi connectivity index (χ2v) is 5.25. The van der Waals surface area contributed by atoms with E-state index in [1.165, 1.54) is 12.1 Å². The van der Waals surface area contributed by atoms with Crippen molar-refractivity contribution in [2.75, 3.05) is 0 Å². The molecule has 0 aliphatic rings. The van der Waals surface area contributed by atoms with E-state index >= 15 is 0 Å². The number of hydrogen-bond donors (Lipinski definition) is 1. The third-order valence-electron chi connectivity index (χ3n) is 2.94. The Hall–Kier alpha value is -2.01. The highest BCUT2D eigenvalue weighted by molar-refractivity contribution is 9.10. The van der Waals surface area contributed by atoms with Gasteiger partial charge >= 0.3 is 0 Å².